The third kappa shape index (κ3) is 5.10. The summed E-state index contributed by atoms with van der Waals surface area (Å²) in [6.07, 6.45) is 10.9. The summed E-state index contributed by atoms with van der Waals surface area (Å²) in [5.41, 5.74) is 4.49. The van der Waals surface area contributed by atoms with Crippen LogP contribution in [0, 0.1) is 6.92 Å². The van der Waals surface area contributed by atoms with Gasteiger partial charge in [0.25, 0.3) is 0 Å². The summed E-state index contributed by atoms with van der Waals surface area (Å²) >= 11 is 0. The standard InChI is InChI=1S/C23H28FN5O/c1-6-20(10-8-7-9-16(2)24)29-17(3)22(26-27-29)18-11-12-21-25-19(13-23(4,5)30)15-28(21)14-18/h6-7,9,11-12,14-15,30H,2,8,10,13H2,1,3-5H3/b9-7-,20-6+. The third-order valence-corrected chi connectivity index (χ3v) is 4.75. The monoisotopic (exact) mass is 409 g/mol. The molecule has 0 aromatic carbocycles. The second-order valence-corrected chi connectivity index (χ2v) is 8.01. The van der Waals surface area contributed by atoms with E-state index in [-0.39, 0.29) is 0 Å². The molecule has 3 aromatic rings. The van der Waals surface area contributed by atoms with Gasteiger partial charge in [0, 0.05) is 30.1 Å². The number of fused-ring (bicyclic) bond motifs is 1. The molecule has 0 radical (unpaired) electrons. The first kappa shape index (κ1) is 21.6. The zero-order chi connectivity index (χ0) is 21.9. The fraction of sp³-hybridized carbons (Fsp3) is 0.348. The van der Waals surface area contributed by atoms with Crippen LogP contribution < -0.4 is 0 Å². The van der Waals surface area contributed by atoms with E-state index in [1.54, 1.807) is 19.9 Å². The zero-order valence-electron chi connectivity index (χ0n) is 17.9. The normalized spacial score (nSPS) is 12.9. The Labute approximate surface area is 176 Å². The number of halogens is 1. The average molecular weight is 410 g/mol. The molecule has 0 saturated carbocycles. The van der Waals surface area contributed by atoms with Crippen LogP contribution in [0.15, 0.2) is 55.2 Å². The highest BCUT2D eigenvalue weighted by Crippen LogP contribution is 2.25. The maximum Gasteiger partial charge on any atom is 0.137 e. The van der Waals surface area contributed by atoms with E-state index in [1.165, 1.54) is 6.08 Å². The van der Waals surface area contributed by atoms with Crippen LogP contribution in [-0.4, -0.2) is 35.1 Å². The van der Waals surface area contributed by atoms with Crippen molar-refractivity contribution < 1.29 is 9.50 Å². The van der Waals surface area contributed by atoms with Crippen molar-refractivity contribution in [3.05, 3.63) is 66.5 Å². The molecule has 0 saturated heterocycles. The number of pyridine rings is 1. The van der Waals surface area contributed by atoms with Crippen LogP contribution in [-0.2, 0) is 6.42 Å². The van der Waals surface area contributed by atoms with Crippen LogP contribution in [0.2, 0.25) is 0 Å². The molecule has 3 heterocycles. The van der Waals surface area contributed by atoms with Gasteiger partial charge < -0.3 is 9.51 Å². The molecule has 6 nitrogen and oxygen atoms in total. The predicted octanol–water partition coefficient (Wildman–Crippen LogP) is 4.90. The number of nitrogens with zero attached hydrogens (tertiary/aromatic N) is 5. The molecule has 3 rings (SSSR count). The predicted molar refractivity (Wildman–Crippen MR) is 118 cm³/mol. The van der Waals surface area contributed by atoms with Crippen molar-refractivity contribution in [3.8, 4) is 11.3 Å². The lowest BCUT2D eigenvalue weighted by atomic mass is 10.0. The Bertz CT molecular complexity index is 1110. The largest absolute Gasteiger partial charge is 0.390 e. The Hall–Kier alpha value is -3.06. The van der Waals surface area contributed by atoms with Crippen LogP contribution in [0.25, 0.3) is 22.6 Å². The first-order valence-corrected chi connectivity index (χ1v) is 9.97. The van der Waals surface area contributed by atoms with Gasteiger partial charge in [-0.2, -0.15) is 0 Å². The minimum atomic E-state index is -0.810. The lowest BCUT2D eigenvalue weighted by Gasteiger charge is -2.14. The van der Waals surface area contributed by atoms with Crippen molar-refractivity contribution >= 4 is 11.3 Å². The van der Waals surface area contributed by atoms with Gasteiger partial charge in [0.2, 0.25) is 0 Å². The Kier molecular flexibility index (Phi) is 6.31. The van der Waals surface area contributed by atoms with E-state index in [0.29, 0.717) is 19.3 Å². The topological polar surface area (TPSA) is 68.2 Å². The van der Waals surface area contributed by atoms with Crippen molar-refractivity contribution in [1.82, 2.24) is 24.4 Å². The van der Waals surface area contributed by atoms with Crippen LogP contribution in [0.4, 0.5) is 4.39 Å². The molecule has 0 unspecified atom stereocenters. The van der Waals surface area contributed by atoms with Crippen LogP contribution in [0.3, 0.4) is 0 Å². The van der Waals surface area contributed by atoms with Gasteiger partial charge in [-0.05, 0) is 58.7 Å². The Balaban J connectivity index is 1.85. The molecular weight excluding hydrogens is 381 g/mol. The Morgan fingerprint density at radius 2 is 2.07 bits per heavy atom. The summed E-state index contributed by atoms with van der Waals surface area (Å²) in [5, 5.41) is 18.8. The molecular formula is C23H28FN5O. The highest BCUT2D eigenvalue weighted by molar-refractivity contribution is 5.64. The first-order chi connectivity index (χ1) is 14.2. The lowest BCUT2D eigenvalue weighted by molar-refractivity contribution is 0.0801. The maximum absolute atomic E-state index is 12.7. The molecule has 0 bridgehead atoms. The smallest absolute Gasteiger partial charge is 0.137 e. The van der Waals surface area contributed by atoms with E-state index in [0.717, 1.165) is 34.0 Å². The Morgan fingerprint density at radius 1 is 1.30 bits per heavy atom. The number of imidazole rings is 1. The fourth-order valence-electron chi connectivity index (χ4n) is 3.40. The summed E-state index contributed by atoms with van der Waals surface area (Å²) in [6.45, 7) is 10.7. The molecule has 30 heavy (non-hydrogen) atoms. The summed E-state index contributed by atoms with van der Waals surface area (Å²) in [6, 6.07) is 3.91. The van der Waals surface area contributed by atoms with Crippen molar-refractivity contribution in [2.24, 2.45) is 0 Å². The highest BCUT2D eigenvalue weighted by atomic mass is 19.1. The van der Waals surface area contributed by atoms with Gasteiger partial charge in [0.15, 0.2) is 0 Å². The van der Waals surface area contributed by atoms with E-state index < -0.39 is 11.4 Å². The van der Waals surface area contributed by atoms with Gasteiger partial charge in [0.1, 0.15) is 17.2 Å². The maximum atomic E-state index is 12.7. The number of rotatable bonds is 8. The number of hydrogen-bond donors (Lipinski definition) is 1. The van der Waals surface area contributed by atoms with Gasteiger partial charge in [-0.15, -0.1) is 5.10 Å². The molecule has 1 N–H and O–H groups in total. The molecule has 3 aromatic heterocycles. The van der Waals surface area contributed by atoms with Crippen molar-refractivity contribution in [3.63, 3.8) is 0 Å². The quantitative estimate of drug-likeness (QED) is 0.538. The van der Waals surface area contributed by atoms with Crippen molar-refractivity contribution in [2.45, 2.75) is 52.6 Å². The minimum Gasteiger partial charge on any atom is -0.390 e. The average Bonchev–Trinajstić information content (AvgIpc) is 3.22. The van der Waals surface area contributed by atoms with Crippen LogP contribution >= 0.6 is 0 Å². The molecule has 0 fully saturated rings. The molecule has 0 spiro atoms. The second-order valence-electron chi connectivity index (χ2n) is 8.01. The molecule has 0 aliphatic heterocycles. The minimum absolute atomic E-state index is 0.447. The van der Waals surface area contributed by atoms with E-state index >= 15 is 0 Å². The van der Waals surface area contributed by atoms with Crippen molar-refractivity contribution in [2.75, 3.05) is 0 Å². The van der Waals surface area contributed by atoms with Crippen LogP contribution in [0.1, 0.15) is 45.0 Å². The van der Waals surface area contributed by atoms with Crippen molar-refractivity contribution in [1.29, 1.82) is 0 Å². The zero-order valence-corrected chi connectivity index (χ0v) is 17.9. The molecule has 0 atom stereocenters. The number of hydrogen-bond acceptors (Lipinski definition) is 4. The van der Waals surface area contributed by atoms with Gasteiger partial charge in [0.05, 0.1) is 17.0 Å². The summed E-state index contributed by atoms with van der Waals surface area (Å²) in [5.74, 6) is -0.447. The van der Waals surface area contributed by atoms with E-state index in [2.05, 4.69) is 21.9 Å². The molecule has 0 amide bonds. The van der Waals surface area contributed by atoms with E-state index in [4.69, 9.17) is 0 Å². The third-order valence-electron chi connectivity index (χ3n) is 4.75. The molecule has 0 aliphatic carbocycles. The van der Waals surface area contributed by atoms with E-state index in [1.807, 2.05) is 53.5 Å². The molecule has 7 heteroatoms. The van der Waals surface area contributed by atoms with Gasteiger partial charge in [-0.25, -0.2) is 14.1 Å². The van der Waals surface area contributed by atoms with Gasteiger partial charge in [-0.1, -0.05) is 23.9 Å². The highest BCUT2D eigenvalue weighted by Gasteiger charge is 2.17. The molecule has 158 valence electrons. The summed E-state index contributed by atoms with van der Waals surface area (Å²) in [4.78, 5) is 4.57. The number of allylic oxidation sites excluding steroid dienone is 5. The number of aliphatic hydroxyl groups is 1. The second kappa shape index (κ2) is 8.75. The molecule has 0 aliphatic rings. The first-order valence-electron chi connectivity index (χ1n) is 9.97. The van der Waals surface area contributed by atoms with Crippen LogP contribution in [0.5, 0.6) is 0 Å². The van der Waals surface area contributed by atoms with Gasteiger partial charge >= 0.3 is 0 Å². The number of aromatic nitrogens is 5. The fourth-order valence-corrected chi connectivity index (χ4v) is 3.40. The SMILES string of the molecule is C=C(F)/C=C\CC/C(=C\C)n1nnc(-c2ccc3nc(CC(C)(C)O)cn3c2)c1C. The van der Waals surface area contributed by atoms with E-state index in [9.17, 15) is 9.50 Å². The lowest BCUT2D eigenvalue weighted by Crippen LogP contribution is -2.21. The van der Waals surface area contributed by atoms with Gasteiger partial charge in [-0.3, -0.25) is 0 Å². The summed E-state index contributed by atoms with van der Waals surface area (Å²) in [7, 11) is 0. The summed E-state index contributed by atoms with van der Waals surface area (Å²) < 4.78 is 16.5. The Morgan fingerprint density at radius 3 is 2.73 bits per heavy atom.